The summed E-state index contributed by atoms with van der Waals surface area (Å²) in [5.41, 5.74) is 1.96. The quantitative estimate of drug-likeness (QED) is 0.673. The number of benzene rings is 1. The van der Waals surface area contributed by atoms with E-state index in [9.17, 15) is 9.59 Å². The van der Waals surface area contributed by atoms with Gasteiger partial charge in [-0.15, -0.1) is 0 Å². The molecule has 0 N–H and O–H groups in total. The fourth-order valence-corrected chi connectivity index (χ4v) is 5.20. The van der Waals surface area contributed by atoms with Crippen LogP contribution in [-0.2, 0) is 11.2 Å². The van der Waals surface area contributed by atoms with E-state index in [-0.39, 0.29) is 17.9 Å². The first kappa shape index (κ1) is 21.5. The maximum Gasteiger partial charge on any atom is 0.300 e. The average Bonchev–Trinajstić information content (AvgIpc) is 3.24. The van der Waals surface area contributed by atoms with E-state index in [2.05, 4.69) is 15.0 Å². The molecule has 9 nitrogen and oxygen atoms in total. The highest BCUT2D eigenvalue weighted by molar-refractivity contribution is 5.97. The minimum atomic E-state index is -0.0676. The van der Waals surface area contributed by atoms with Crippen molar-refractivity contribution < 1.29 is 14.3 Å². The molecule has 2 amide bonds. The Bertz CT molecular complexity index is 1090. The van der Waals surface area contributed by atoms with Crippen LogP contribution in [0.5, 0.6) is 5.75 Å². The highest BCUT2D eigenvalue weighted by Crippen LogP contribution is 2.33. The van der Waals surface area contributed by atoms with Gasteiger partial charge in [0.15, 0.2) is 0 Å². The number of methoxy groups -OCH3 is 1. The summed E-state index contributed by atoms with van der Waals surface area (Å²) in [6, 6.07) is 7.46. The van der Waals surface area contributed by atoms with Crippen LogP contribution in [0.4, 0.5) is 5.82 Å². The molecule has 1 aromatic heterocycles. The van der Waals surface area contributed by atoms with Gasteiger partial charge in [-0.05, 0) is 61.5 Å². The van der Waals surface area contributed by atoms with Crippen LogP contribution in [0.3, 0.4) is 0 Å². The molecule has 1 aromatic carbocycles. The molecule has 9 heteroatoms. The van der Waals surface area contributed by atoms with Crippen molar-refractivity contribution in [3.63, 3.8) is 0 Å². The van der Waals surface area contributed by atoms with E-state index in [4.69, 9.17) is 11.3 Å². The van der Waals surface area contributed by atoms with Crippen LogP contribution in [-0.4, -0.2) is 75.8 Å². The summed E-state index contributed by atoms with van der Waals surface area (Å²) in [6.07, 6.45) is 4.95. The molecule has 0 unspecified atom stereocenters. The molecule has 5 rings (SSSR count). The van der Waals surface area contributed by atoms with Gasteiger partial charge in [-0.2, -0.15) is 4.68 Å². The summed E-state index contributed by atoms with van der Waals surface area (Å²) in [5, 5.41) is 8.55. The van der Waals surface area contributed by atoms with E-state index in [0.29, 0.717) is 30.9 Å². The van der Waals surface area contributed by atoms with Crippen LogP contribution in [0.25, 0.3) is 10.5 Å². The molecule has 2 saturated heterocycles. The Hall–Kier alpha value is -3.38. The molecule has 3 aliphatic rings. The number of hydrogen-bond acceptors (Lipinski definition) is 5. The van der Waals surface area contributed by atoms with Gasteiger partial charge in [0, 0.05) is 44.2 Å². The number of hydrogen-bond donors (Lipinski definition) is 0. The topological polar surface area (TPSA) is 75.3 Å². The van der Waals surface area contributed by atoms with E-state index in [1.54, 1.807) is 11.8 Å². The molecule has 2 aromatic rings. The number of piperidine rings is 2. The first-order chi connectivity index (χ1) is 16.1. The lowest BCUT2D eigenvalue weighted by molar-refractivity contribution is -0.155. The molecule has 0 saturated carbocycles. The van der Waals surface area contributed by atoms with Crippen LogP contribution >= 0.6 is 0 Å². The largest absolute Gasteiger partial charge is 0.497 e. The molecule has 0 radical (unpaired) electrons. The van der Waals surface area contributed by atoms with Crippen molar-refractivity contribution >= 4 is 17.6 Å². The zero-order valence-electron chi connectivity index (χ0n) is 18.9. The van der Waals surface area contributed by atoms with E-state index in [1.807, 2.05) is 34.2 Å². The van der Waals surface area contributed by atoms with Crippen molar-refractivity contribution in [1.82, 2.24) is 24.7 Å². The Morgan fingerprint density at radius 3 is 2.45 bits per heavy atom. The predicted molar refractivity (Wildman–Crippen MR) is 121 cm³/mol. The number of hydrazine groups is 1. The molecule has 0 bridgehead atoms. The Balaban J connectivity index is 1.36. The number of carbonyl (C=O) groups is 2. The lowest BCUT2D eigenvalue weighted by Gasteiger charge is -2.44. The lowest BCUT2D eigenvalue weighted by atomic mass is 9.98. The van der Waals surface area contributed by atoms with Crippen LogP contribution in [0.2, 0.25) is 0 Å². The molecule has 172 valence electrons. The summed E-state index contributed by atoms with van der Waals surface area (Å²) in [6.45, 7) is 10.5. The van der Waals surface area contributed by atoms with E-state index < -0.39 is 0 Å². The number of rotatable bonds is 4. The third-order valence-electron chi connectivity index (χ3n) is 6.97. The van der Waals surface area contributed by atoms with Gasteiger partial charge < -0.3 is 14.5 Å². The number of aromatic nitrogens is 2. The Morgan fingerprint density at radius 1 is 1.03 bits per heavy atom. The Labute approximate surface area is 193 Å². The van der Waals surface area contributed by atoms with Gasteiger partial charge in [-0.3, -0.25) is 14.6 Å². The number of amides is 2. The molecule has 2 fully saturated rings. The normalized spacial score (nSPS) is 20.0. The summed E-state index contributed by atoms with van der Waals surface area (Å²) in [4.78, 5) is 31.5. The van der Waals surface area contributed by atoms with Crippen molar-refractivity contribution in [2.24, 2.45) is 0 Å². The molecule has 3 aliphatic heterocycles. The average molecular weight is 449 g/mol. The zero-order chi connectivity index (χ0) is 22.9. The van der Waals surface area contributed by atoms with E-state index >= 15 is 0 Å². The molecular formula is C24H28N6O3. The zero-order valence-corrected chi connectivity index (χ0v) is 18.9. The summed E-state index contributed by atoms with van der Waals surface area (Å²) in [7, 11) is 1.61. The molecule has 4 heterocycles. The first-order valence-electron chi connectivity index (χ1n) is 11.6. The lowest BCUT2D eigenvalue weighted by Crippen LogP contribution is -2.56. The third-order valence-corrected chi connectivity index (χ3v) is 6.97. The van der Waals surface area contributed by atoms with Gasteiger partial charge in [-0.1, -0.05) is 6.57 Å². The second kappa shape index (κ2) is 8.87. The number of fused-ring (bicyclic) bond motifs is 1. The highest BCUT2D eigenvalue weighted by Gasteiger charge is 2.38. The second-order valence-corrected chi connectivity index (χ2v) is 8.78. The molecule has 33 heavy (non-hydrogen) atoms. The summed E-state index contributed by atoms with van der Waals surface area (Å²) < 4.78 is 6.85. The van der Waals surface area contributed by atoms with Gasteiger partial charge in [0.1, 0.15) is 11.4 Å². The van der Waals surface area contributed by atoms with Gasteiger partial charge in [0.2, 0.25) is 5.91 Å². The van der Waals surface area contributed by atoms with Gasteiger partial charge in [0.05, 0.1) is 12.8 Å². The monoisotopic (exact) mass is 448 g/mol. The summed E-state index contributed by atoms with van der Waals surface area (Å²) >= 11 is 0. The van der Waals surface area contributed by atoms with E-state index in [1.165, 1.54) is 0 Å². The maximum absolute atomic E-state index is 13.7. The van der Waals surface area contributed by atoms with Crippen LogP contribution in [0.1, 0.15) is 48.2 Å². The minimum absolute atomic E-state index is 0.0676. The molecule has 0 spiro atoms. The predicted octanol–water partition coefficient (Wildman–Crippen LogP) is 2.82. The molecule has 0 aliphatic carbocycles. The maximum atomic E-state index is 13.7. The van der Waals surface area contributed by atoms with Crippen LogP contribution < -0.4 is 4.74 Å². The molecule has 0 atom stereocenters. The number of nitrogens with zero attached hydrogens (tertiary/aromatic N) is 6. The first-order valence-corrected chi connectivity index (χ1v) is 11.6. The van der Waals surface area contributed by atoms with Crippen molar-refractivity contribution in [2.45, 2.75) is 44.6 Å². The fourth-order valence-electron chi connectivity index (χ4n) is 5.20. The van der Waals surface area contributed by atoms with Crippen molar-refractivity contribution in [3.05, 3.63) is 46.9 Å². The van der Waals surface area contributed by atoms with Crippen molar-refractivity contribution in [3.8, 4) is 11.4 Å². The summed E-state index contributed by atoms with van der Waals surface area (Å²) in [5.74, 6) is 1.17. The number of ether oxygens (including phenoxy) is 1. The Kier molecular flexibility index (Phi) is 5.77. The van der Waals surface area contributed by atoms with Gasteiger partial charge in [-0.25, -0.2) is 5.01 Å². The van der Waals surface area contributed by atoms with Crippen molar-refractivity contribution in [1.29, 1.82) is 0 Å². The number of carbonyl (C=O) groups excluding carboxylic acids is 2. The Morgan fingerprint density at radius 2 is 1.79 bits per heavy atom. The smallest absolute Gasteiger partial charge is 0.300 e. The van der Waals surface area contributed by atoms with Crippen molar-refractivity contribution in [2.75, 3.05) is 33.3 Å². The SMILES string of the molecule is [C-]#[N+]c1nn(-c2ccc(OC)cc2)c2c1CCN(C1CCN(N3CCCCC3=O)CC1)C2=O. The second-order valence-electron chi connectivity index (χ2n) is 8.78. The van der Waals surface area contributed by atoms with E-state index in [0.717, 1.165) is 62.3 Å². The molecular weight excluding hydrogens is 420 g/mol. The van der Waals surface area contributed by atoms with Crippen LogP contribution in [0.15, 0.2) is 24.3 Å². The minimum Gasteiger partial charge on any atom is -0.497 e. The third kappa shape index (κ3) is 3.85. The highest BCUT2D eigenvalue weighted by atomic mass is 16.5. The van der Waals surface area contributed by atoms with Crippen LogP contribution in [0, 0.1) is 6.57 Å². The van der Waals surface area contributed by atoms with Gasteiger partial charge >= 0.3 is 0 Å². The van der Waals surface area contributed by atoms with Gasteiger partial charge in [0.25, 0.3) is 11.7 Å². The standard InChI is InChI=1S/C24H28N6O3/c1-25-23-20-12-16-28(17-10-14-27(15-11-17)29-13-4-3-5-21(29)31)24(32)22(20)30(26-23)18-6-8-19(33-2)9-7-18/h6-9,17H,3-5,10-16H2,2H3. The fraction of sp³-hybridized carbons (Fsp3) is 0.500.